The maximum absolute atomic E-state index is 13.0. The van der Waals surface area contributed by atoms with Crippen LogP contribution in [0.4, 0.5) is 15.9 Å². The lowest BCUT2D eigenvalue weighted by Crippen LogP contribution is -2.39. The second-order valence-corrected chi connectivity index (χ2v) is 4.21. The van der Waals surface area contributed by atoms with Crippen molar-refractivity contribution in [1.82, 2.24) is 4.98 Å². The molecule has 5 nitrogen and oxygen atoms in total. The molecule has 6 heteroatoms. The van der Waals surface area contributed by atoms with Crippen LogP contribution < -0.4 is 16.4 Å². The third kappa shape index (κ3) is 2.46. The van der Waals surface area contributed by atoms with Crippen LogP contribution in [0.1, 0.15) is 12.8 Å². The van der Waals surface area contributed by atoms with Crippen LogP contribution in [-0.2, 0) is 4.79 Å². The zero-order chi connectivity index (χ0) is 12.4. The quantitative estimate of drug-likeness (QED) is 0.735. The number of amides is 1. The summed E-state index contributed by atoms with van der Waals surface area (Å²) in [6.45, 7) is 1.24. The van der Waals surface area contributed by atoms with Gasteiger partial charge in [-0.1, -0.05) is 0 Å². The molecule has 0 aromatic carbocycles. The first-order valence-electron chi connectivity index (χ1n) is 5.54. The topological polar surface area (TPSA) is 85.2 Å². The molecule has 0 aliphatic carbocycles. The van der Waals surface area contributed by atoms with E-state index in [0.717, 1.165) is 0 Å². The summed E-state index contributed by atoms with van der Waals surface area (Å²) < 4.78 is 13.0. The Labute approximate surface area is 98.6 Å². The summed E-state index contributed by atoms with van der Waals surface area (Å²) in [6.07, 6.45) is 1.32. The van der Waals surface area contributed by atoms with Crippen molar-refractivity contribution >= 4 is 17.4 Å². The SMILES string of the molecule is NC(=O)C1CCN(c2nc(F)ccc2N)CC1. The van der Waals surface area contributed by atoms with Crippen molar-refractivity contribution in [3.63, 3.8) is 0 Å². The van der Waals surface area contributed by atoms with Gasteiger partial charge in [0, 0.05) is 19.0 Å². The van der Waals surface area contributed by atoms with Gasteiger partial charge in [-0.25, -0.2) is 4.98 Å². The van der Waals surface area contributed by atoms with Gasteiger partial charge in [0.2, 0.25) is 11.9 Å². The van der Waals surface area contributed by atoms with Crippen LogP contribution in [0.2, 0.25) is 0 Å². The predicted molar refractivity (Wildman–Crippen MR) is 62.7 cm³/mol. The Morgan fingerprint density at radius 3 is 2.65 bits per heavy atom. The lowest BCUT2D eigenvalue weighted by atomic mass is 9.96. The van der Waals surface area contributed by atoms with Crippen molar-refractivity contribution < 1.29 is 9.18 Å². The Morgan fingerprint density at radius 1 is 1.41 bits per heavy atom. The fourth-order valence-electron chi connectivity index (χ4n) is 2.07. The van der Waals surface area contributed by atoms with Gasteiger partial charge in [0.05, 0.1) is 5.69 Å². The maximum Gasteiger partial charge on any atom is 0.220 e. The highest BCUT2D eigenvalue weighted by molar-refractivity contribution is 5.77. The summed E-state index contributed by atoms with van der Waals surface area (Å²) in [5.41, 5.74) is 11.4. The average Bonchev–Trinajstić information content (AvgIpc) is 2.32. The number of nitrogen functional groups attached to an aromatic ring is 1. The molecular weight excluding hydrogens is 223 g/mol. The number of nitrogens with two attached hydrogens (primary N) is 2. The maximum atomic E-state index is 13.0. The fraction of sp³-hybridized carbons (Fsp3) is 0.455. The highest BCUT2D eigenvalue weighted by atomic mass is 19.1. The summed E-state index contributed by atoms with van der Waals surface area (Å²) in [4.78, 5) is 16.7. The normalized spacial score (nSPS) is 17.1. The van der Waals surface area contributed by atoms with Crippen molar-refractivity contribution in [3.8, 4) is 0 Å². The van der Waals surface area contributed by atoms with Crippen LogP contribution in [0.25, 0.3) is 0 Å². The highest BCUT2D eigenvalue weighted by Gasteiger charge is 2.24. The van der Waals surface area contributed by atoms with E-state index < -0.39 is 5.95 Å². The summed E-state index contributed by atoms with van der Waals surface area (Å²) >= 11 is 0. The molecule has 0 bridgehead atoms. The van der Waals surface area contributed by atoms with Crippen LogP contribution in [0, 0.1) is 11.9 Å². The van der Waals surface area contributed by atoms with Crippen molar-refractivity contribution in [1.29, 1.82) is 0 Å². The standard InChI is InChI=1S/C11H15FN4O/c12-9-2-1-8(13)11(15-9)16-5-3-7(4-6-16)10(14)17/h1-2,7H,3-6,13H2,(H2,14,17). The third-order valence-electron chi connectivity index (χ3n) is 3.07. The zero-order valence-corrected chi connectivity index (χ0v) is 9.40. The molecule has 0 spiro atoms. The Hall–Kier alpha value is -1.85. The van der Waals surface area contributed by atoms with E-state index in [-0.39, 0.29) is 11.8 Å². The molecule has 1 aromatic rings. The molecule has 2 heterocycles. The number of carbonyl (C=O) groups is 1. The molecule has 4 N–H and O–H groups in total. The van der Waals surface area contributed by atoms with Gasteiger partial charge >= 0.3 is 0 Å². The lowest BCUT2D eigenvalue weighted by Gasteiger charge is -2.31. The number of halogens is 1. The molecule has 1 aliphatic rings. The van der Waals surface area contributed by atoms with E-state index in [4.69, 9.17) is 11.5 Å². The van der Waals surface area contributed by atoms with Crippen LogP contribution >= 0.6 is 0 Å². The molecule has 0 atom stereocenters. The Bertz CT molecular complexity index is 429. The van der Waals surface area contributed by atoms with E-state index in [9.17, 15) is 9.18 Å². The van der Waals surface area contributed by atoms with E-state index in [2.05, 4.69) is 4.98 Å². The minimum Gasteiger partial charge on any atom is -0.396 e. The first-order chi connectivity index (χ1) is 8.08. The number of primary amides is 1. The number of rotatable bonds is 2. The van der Waals surface area contributed by atoms with E-state index in [1.807, 2.05) is 4.90 Å². The minimum atomic E-state index is -0.550. The molecule has 0 saturated carbocycles. The number of anilines is 2. The zero-order valence-electron chi connectivity index (χ0n) is 9.40. The number of nitrogens with zero attached hydrogens (tertiary/aromatic N) is 2. The number of hydrogen-bond donors (Lipinski definition) is 2. The number of carbonyl (C=O) groups excluding carboxylic acids is 1. The Balaban J connectivity index is 2.10. The fourth-order valence-corrected chi connectivity index (χ4v) is 2.07. The first kappa shape index (κ1) is 11.6. The van der Waals surface area contributed by atoms with Crippen molar-refractivity contribution in [3.05, 3.63) is 18.1 Å². The lowest BCUT2D eigenvalue weighted by molar-refractivity contribution is -0.122. The molecule has 2 rings (SSSR count). The summed E-state index contributed by atoms with van der Waals surface area (Å²) in [5.74, 6) is -0.468. The van der Waals surface area contributed by atoms with Crippen LogP contribution in [-0.4, -0.2) is 24.0 Å². The summed E-state index contributed by atoms with van der Waals surface area (Å²) in [5, 5.41) is 0. The average molecular weight is 238 g/mol. The first-order valence-corrected chi connectivity index (χ1v) is 5.54. The van der Waals surface area contributed by atoms with Crippen molar-refractivity contribution in [2.24, 2.45) is 11.7 Å². The van der Waals surface area contributed by atoms with Crippen LogP contribution in [0.5, 0.6) is 0 Å². The van der Waals surface area contributed by atoms with Crippen LogP contribution in [0.15, 0.2) is 12.1 Å². The molecule has 1 aliphatic heterocycles. The Kier molecular flexibility index (Phi) is 3.12. The summed E-state index contributed by atoms with van der Waals surface area (Å²) in [6, 6.07) is 2.73. The minimum absolute atomic E-state index is 0.0963. The Morgan fingerprint density at radius 2 is 2.06 bits per heavy atom. The van der Waals surface area contributed by atoms with E-state index in [1.165, 1.54) is 12.1 Å². The number of aromatic nitrogens is 1. The van der Waals surface area contributed by atoms with Crippen LogP contribution in [0.3, 0.4) is 0 Å². The van der Waals surface area contributed by atoms with E-state index in [0.29, 0.717) is 37.4 Å². The van der Waals surface area contributed by atoms with Gasteiger partial charge in [0.15, 0.2) is 5.82 Å². The van der Waals surface area contributed by atoms with Gasteiger partial charge in [-0.3, -0.25) is 4.79 Å². The molecule has 1 amide bonds. The van der Waals surface area contributed by atoms with Crippen molar-refractivity contribution in [2.75, 3.05) is 23.7 Å². The molecular formula is C11H15FN4O. The second kappa shape index (κ2) is 4.57. The van der Waals surface area contributed by atoms with Gasteiger partial charge in [-0.05, 0) is 25.0 Å². The summed E-state index contributed by atoms with van der Waals surface area (Å²) in [7, 11) is 0. The highest BCUT2D eigenvalue weighted by Crippen LogP contribution is 2.26. The molecule has 92 valence electrons. The number of pyridine rings is 1. The van der Waals surface area contributed by atoms with Gasteiger partial charge in [0.25, 0.3) is 0 Å². The monoisotopic (exact) mass is 238 g/mol. The number of piperidine rings is 1. The van der Waals surface area contributed by atoms with E-state index in [1.54, 1.807) is 0 Å². The number of hydrogen-bond acceptors (Lipinski definition) is 4. The molecule has 17 heavy (non-hydrogen) atoms. The van der Waals surface area contributed by atoms with Gasteiger partial charge in [-0.2, -0.15) is 4.39 Å². The van der Waals surface area contributed by atoms with Crippen molar-refractivity contribution in [2.45, 2.75) is 12.8 Å². The largest absolute Gasteiger partial charge is 0.396 e. The third-order valence-corrected chi connectivity index (χ3v) is 3.07. The van der Waals surface area contributed by atoms with Gasteiger partial charge in [0.1, 0.15) is 0 Å². The predicted octanol–water partition coefficient (Wildman–Crippen LogP) is 0.505. The molecule has 0 unspecified atom stereocenters. The van der Waals surface area contributed by atoms with E-state index >= 15 is 0 Å². The second-order valence-electron chi connectivity index (χ2n) is 4.21. The molecule has 1 aromatic heterocycles. The molecule has 1 fully saturated rings. The molecule has 1 saturated heterocycles. The van der Waals surface area contributed by atoms with Gasteiger partial charge < -0.3 is 16.4 Å². The van der Waals surface area contributed by atoms with Gasteiger partial charge in [-0.15, -0.1) is 0 Å². The smallest absolute Gasteiger partial charge is 0.220 e. The molecule has 0 radical (unpaired) electrons.